The molecule has 0 aliphatic carbocycles. The van der Waals surface area contributed by atoms with Crippen LogP contribution in [0.25, 0.3) is 17.2 Å². The first-order valence-corrected chi connectivity index (χ1v) is 9.09. The molecular weight excluding hydrogens is 383 g/mol. The van der Waals surface area contributed by atoms with Crippen LogP contribution in [0.5, 0.6) is 0 Å². The van der Waals surface area contributed by atoms with E-state index >= 15 is 0 Å². The lowest BCUT2D eigenvalue weighted by Crippen LogP contribution is -2.18. The van der Waals surface area contributed by atoms with Crippen LogP contribution in [0.3, 0.4) is 0 Å². The lowest BCUT2D eigenvalue weighted by atomic mass is 10.2. The molecule has 2 heterocycles. The first-order chi connectivity index (χ1) is 13.5. The highest BCUT2D eigenvalue weighted by Crippen LogP contribution is 2.27. The van der Waals surface area contributed by atoms with Crippen LogP contribution in [0.15, 0.2) is 52.9 Å². The molecule has 6 nitrogen and oxygen atoms in total. The van der Waals surface area contributed by atoms with Crippen LogP contribution in [0.1, 0.15) is 17.0 Å². The number of aliphatic hydroxyl groups is 1. The summed E-state index contributed by atoms with van der Waals surface area (Å²) in [5.74, 6) is 1.05. The second-order valence-electron chi connectivity index (χ2n) is 6.54. The third-order valence-corrected chi connectivity index (χ3v) is 4.74. The van der Waals surface area contributed by atoms with Crippen molar-refractivity contribution in [2.75, 3.05) is 7.05 Å². The summed E-state index contributed by atoms with van der Waals surface area (Å²) in [7, 11) is 1.92. The maximum atomic E-state index is 13.1. The fourth-order valence-electron chi connectivity index (χ4n) is 3.06. The summed E-state index contributed by atoms with van der Waals surface area (Å²) < 4.78 is 20.4. The van der Waals surface area contributed by atoms with E-state index in [2.05, 4.69) is 10.1 Å². The minimum absolute atomic E-state index is 0.238. The number of nitrogens with zero attached hydrogens (tertiary/aromatic N) is 4. The number of rotatable bonds is 6. The molecule has 0 fully saturated rings. The van der Waals surface area contributed by atoms with Crippen LogP contribution in [0.4, 0.5) is 4.39 Å². The number of fused-ring (bicyclic) bond motifs is 1. The van der Waals surface area contributed by atoms with Gasteiger partial charge in [-0.3, -0.25) is 4.90 Å². The van der Waals surface area contributed by atoms with Gasteiger partial charge in [-0.25, -0.2) is 4.39 Å². The van der Waals surface area contributed by atoms with Crippen LogP contribution in [0.2, 0.25) is 5.02 Å². The van der Waals surface area contributed by atoms with Crippen LogP contribution in [-0.2, 0) is 19.7 Å². The first kappa shape index (κ1) is 18.6. The molecule has 0 saturated carbocycles. The Labute approximate surface area is 165 Å². The molecule has 8 heteroatoms. The molecule has 0 saturated heterocycles. The maximum Gasteiger partial charge on any atom is 0.325 e. The van der Waals surface area contributed by atoms with Crippen molar-refractivity contribution in [2.24, 2.45) is 0 Å². The predicted octanol–water partition coefficient (Wildman–Crippen LogP) is 3.91. The molecular formula is C20H18ClFN4O2. The lowest BCUT2D eigenvalue weighted by molar-refractivity contribution is 0.257. The highest BCUT2D eigenvalue weighted by Gasteiger charge is 2.20. The smallest absolute Gasteiger partial charge is 0.325 e. The van der Waals surface area contributed by atoms with Crippen molar-refractivity contribution in [2.45, 2.75) is 19.7 Å². The summed E-state index contributed by atoms with van der Waals surface area (Å²) in [4.78, 5) is 6.40. The Hall–Kier alpha value is -2.74. The molecule has 144 valence electrons. The summed E-state index contributed by atoms with van der Waals surface area (Å²) in [5.41, 5.74) is 2.21. The molecule has 0 unspecified atom stereocenters. The zero-order chi connectivity index (χ0) is 19.7. The molecule has 0 aliphatic heterocycles. The van der Waals surface area contributed by atoms with Crippen LogP contribution >= 0.6 is 11.6 Å². The quantitative estimate of drug-likeness (QED) is 0.531. The summed E-state index contributed by atoms with van der Waals surface area (Å²) in [6.45, 7) is 0.810. The van der Waals surface area contributed by atoms with Crippen molar-refractivity contribution in [1.29, 1.82) is 0 Å². The Balaban J connectivity index is 1.58. The number of hydrogen-bond donors (Lipinski definition) is 1. The molecule has 2 aromatic carbocycles. The zero-order valence-electron chi connectivity index (χ0n) is 15.1. The molecule has 0 spiro atoms. The van der Waals surface area contributed by atoms with Crippen molar-refractivity contribution in [1.82, 2.24) is 19.5 Å². The lowest BCUT2D eigenvalue weighted by Gasteiger charge is -2.15. The number of aromatic nitrogens is 3. The van der Waals surface area contributed by atoms with Gasteiger partial charge < -0.3 is 9.52 Å². The van der Waals surface area contributed by atoms with E-state index in [1.54, 1.807) is 18.2 Å². The van der Waals surface area contributed by atoms with Gasteiger partial charge in [-0.05, 0) is 36.9 Å². The third-order valence-electron chi connectivity index (χ3n) is 4.41. The highest BCUT2D eigenvalue weighted by atomic mass is 35.5. The number of aliphatic hydroxyl groups excluding tert-OH is 1. The Morgan fingerprint density at radius 1 is 1.14 bits per heavy atom. The average Bonchev–Trinajstić information content (AvgIpc) is 3.21. The average molecular weight is 401 g/mol. The first-order valence-electron chi connectivity index (χ1n) is 8.71. The van der Waals surface area contributed by atoms with E-state index in [0.29, 0.717) is 46.8 Å². The van der Waals surface area contributed by atoms with E-state index < -0.39 is 0 Å². The van der Waals surface area contributed by atoms with Crippen molar-refractivity contribution >= 4 is 17.4 Å². The third kappa shape index (κ3) is 3.64. The topological polar surface area (TPSA) is 66.8 Å². The van der Waals surface area contributed by atoms with Gasteiger partial charge in [-0.1, -0.05) is 35.9 Å². The molecule has 4 aromatic rings. The van der Waals surface area contributed by atoms with Crippen molar-refractivity contribution in [3.05, 3.63) is 76.4 Å². The number of hydrogen-bond acceptors (Lipinski definition) is 5. The molecule has 0 atom stereocenters. The van der Waals surface area contributed by atoms with Crippen LogP contribution in [0, 0.1) is 5.82 Å². The van der Waals surface area contributed by atoms with Gasteiger partial charge in [0.1, 0.15) is 17.3 Å². The molecule has 0 radical (unpaired) electrons. The summed E-state index contributed by atoms with van der Waals surface area (Å²) in [6.07, 6.45) is 0. The summed E-state index contributed by atoms with van der Waals surface area (Å²) >= 11 is 6.21. The SMILES string of the molecule is CN(Cc1ccc(F)cc1)Cc1oc2nc(-c3ccccc3Cl)nn2c1CO. The fraction of sp³-hybridized carbons (Fsp3) is 0.200. The number of oxazole rings is 1. The summed E-state index contributed by atoms with van der Waals surface area (Å²) in [6, 6.07) is 13.6. The van der Waals surface area contributed by atoms with E-state index in [9.17, 15) is 9.50 Å². The van der Waals surface area contributed by atoms with Gasteiger partial charge >= 0.3 is 5.84 Å². The van der Waals surface area contributed by atoms with Gasteiger partial charge in [0.15, 0.2) is 5.82 Å². The number of halogens is 2. The number of benzene rings is 2. The largest absolute Gasteiger partial charge is 0.425 e. The van der Waals surface area contributed by atoms with E-state index in [-0.39, 0.29) is 12.4 Å². The molecule has 2 aromatic heterocycles. The molecule has 28 heavy (non-hydrogen) atoms. The van der Waals surface area contributed by atoms with Gasteiger partial charge in [0.25, 0.3) is 0 Å². The Morgan fingerprint density at radius 3 is 2.61 bits per heavy atom. The second kappa shape index (κ2) is 7.71. The van der Waals surface area contributed by atoms with Gasteiger partial charge in [0, 0.05) is 12.1 Å². The van der Waals surface area contributed by atoms with E-state index in [0.717, 1.165) is 5.56 Å². The van der Waals surface area contributed by atoms with E-state index in [1.165, 1.54) is 16.6 Å². The maximum absolute atomic E-state index is 13.1. The fourth-order valence-corrected chi connectivity index (χ4v) is 3.29. The summed E-state index contributed by atoms with van der Waals surface area (Å²) in [5, 5.41) is 14.8. The second-order valence-corrected chi connectivity index (χ2v) is 6.95. The molecule has 0 amide bonds. The molecule has 1 N–H and O–H groups in total. The van der Waals surface area contributed by atoms with Gasteiger partial charge in [0.2, 0.25) is 0 Å². The minimum Gasteiger partial charge on any atom is -0.425 e. The zero-order valence-corrected chi connectivity index (χ0v) is 15.9. The highest BCUT2D eigenvalue weighted by molar-refractivity contribution is 6.33. The van der Waals surface area contributed by atoms with Crippen molar-refractivity contribution < 1.29 is 13.9 Å². The Morgan fingerprint density at radius 2 is 1.89 bits per heavy atom. The van der Waals surface area contributed by atoms with Crippen LogP contribution < -0.4 is 0 Å². The standard InChI is InChI=1S/C20H18ClFN4O2/c1-25(10-13-6-8-14(22)9-7-13)11-18-17(12-27)26-20(28-18)23-19(24-26)15-4-2-3-5-16(15)21/h2-9,27H,10-12H2,1H3. The van der Waals surface area contributed by atoms with Gasteiger partial charge in [0.05, 0.1) is 18.2 Å². The normalized spacial score (nSPS) is 11.6. The van der Waals surface area contributed by atoms with Crippen molar-refractivity contribution in [3.8, 4) is 11.4 Å². The Bertz CT molecular complexity index is 1110. The molecule has 0 aliphatic rings. The molecule has 0 bridgehead atoms. The van der Waals surface area contributed by atoms with Gasteiger partial charge in [-0.2, -0.15) is 9.50 Å². The van der Waals surface area contributed by atoms with Crippen molar-refractivity contribution in [3.63, 3.8) is 0 Å². The Kier molecular flexibility index (Phi) is 5.13. The van der Waals surface area contributed by atoms with Crippen LogP contribution in [-0.4, -0.2) is 31.7 Å². The predicted molar refractivity (Wildman–Crippen MR) is 103 cm³/mol. The van der Waals surface area contributed by atoms with Gasteiger partial charge in [-0.15, -0.1) is 5.10 Å². The van der Waals surface area contributed by atoms with E-state index in [1.807, 2.05) is 30.1 Å². The monoisotopic (exact) mass is 400 g/mol. The van der Waals surface area contributed by atoms with E-state index in [4.69, 9.17) is 16.0 Å². The molecule has 4 rings (SSSR count). The minimum atomic E-state index is -0.262.